The minimum atomic E-state index is 0.419. The summed E-state index contributed by atoms with van der Waals surface area (Å²) >= 11 is 1.82. The molecule has 21 heavy (non-hydrogen) atoms. The average Bonchev–Trinajstić information content (AvgIpc) is 2.89. The minimum Gasteiger partial charge on any atom is -0.464 e. The number of rotatable bonds is 7. The smallest absolute Gasteiger partial charge is 0.117 e. The molecule has 0 aliphatic heterocycles. The van der Waals surface area contributed by atoms with Crippen LogP contribution < -0.4 is 5.32 Å². The Hall–Kier alpha value is -1.10. The van der Waals surface area contributed by atoms with Gasteiger partial charge in [0, 0.05) is 17.3 Å². The number of nitrogens with one attached hydrogen (secondary N) is 1. The molecule has 1 fully saturated rings. The first-order chi connectivity index (χ1) is 10.1. The van der Waals surface area contributed by atoms with E-state index < -0.39 is 0 Å². The third-order valence-electron chi connectivity index (χ3n) is 4.29. The lowest BCUT2D eigenvalue weighted by molar-refractivity contribution is 0.289. The van der Waals surface area contributed by atoms with E-state index in [-0.39, 0.29) is 0 Å². The van der Waals surface area contributed by atoms with Crippen LogP contribution in [0, 0.1) is 5.92 Å². The van der Waals surface area contributed by atoms with Gasteiger partial charge in [0.2, 0.25) is 0 Å². The molecule has 3 nitrogen and oxygen atoms in total. The molecule has 3 atom stereocenters. The van der Waals surface area contributed by atoms with Gasteiger partial charge in [-0.1, -0.05) is 13.0 Å². The standard InChI is InChI=1S/C17H24N2OS/c1-12-9-14(12)16-7-6-13(20-16)10-18-11-15(19(2)3)17-5-4-8-21-17/h4-8,12,14-15,18H,9-11H2,1-3H3. The van der Waals surface area contributed by atoms with Gasteiger partial charge in [-0.25, -0.2) is 0 Å². The van der Waals surface area contributed by atoms with E-state index in [9.17, 15) is 0 Å². The third-order valence-corrected chi connectivity index (χ3v) is 5.26. The summed E-state index contributed by atoms with van der Waals surface area (Å²) in [7, 11) is 4.26. The molecule has 1 saturated carbocycles. The number of hydrogen-bond donors (Lipinski definition) is 1. The van der Waals surface area contributed by atoms with Gasteiger partial charge < -0.3 is 14.6 Å². The Morgan fingerprint density at radius 3 is 2.81 bits per heavy atom. The molecule has 114 valence electrons. The second-order valence-corrected chi connectivity index (χ2v) is 7.23. The van der Waals surface area contributed by atoms with E-state index in [0.717, 1.165) is 24.8 Å². The lowest BCUT2D eigenvalue weighted by Gasteiger charge is -2.23. The van der Waals surface area contributed by atoms with Crippen molar-refractivity contribution >= 4 is 11.3 Å². The molecule has 0 amide bonds. The van der Waals surface area contributed by atoms with Gasteiger partial charge in [-0.3, -0.25) is 0 Å². The second-order valence-electron chi connectivity index (χ2n) is 6.25. The Kier molecular flexibility index (Phi) is 4.48. The predicted molar refractivity (Wildman–Crippen MR) is 87.7 cm³/mol. The van der Waals surface area contributed by atoms with E-state index in [1.165, 1.54) is 17.1 Å². The molecule has 2 heterocycles. The zero-order chi connectivity index (χ0) is 14.8. The van der Waals surface area contributed by atoms with Gasteiger partial charge in [-0.15, -0.1) is 11.3 Å². The molecule has 2 aromatic rings. The van der Waals surface area contributed by atoms with Crippen LogP contribution in [0.1, 0.15) is 41.7 Å². The van der Waals surface area contributed by atoms with Crippen LogP contribution in [-0.2, 0) is 6.54 Å². The topological polar surface area (TPSA) is 28.4 Å². The fraction of sp³-hybridized carbons (Fsp3) is 0.529. The number of hydrogen-bond acceptors (Lipinski definition) is 4. The van der Waals surface area contributed by atoms with Crippen molar-refractivity contribution in [1.29, 1.82) is 0 Å². The van der Waals surface area contributed by atoms with Crippen molar-refractivity contribution in [2.75, 3.05) is 20.6 Å². The Labute approximate surface area is 131 Å². The molecular formula is C17H24N2OS. The number of likely N-dealkylation sites (N-methyl/N-ethyl adjacent to an activating group) is 1. The number of thiophene rings is 1. The van der Waals surface area contributed by atoms with E-state index in [2.05, 4.69) is 60.9 Å². The van der Waals surface area contributed by atoms with Crippen LogP contribution in [0.15, 0.2) is 34.1 Å². The maximum Gasteiger partial charge on any atom is 0.117 e. The van der Waals surface area contributed by atoms with Crippen molar-refractivity contribution in [2.24, 2.45) is 5.92 Å². The molecule has 3 rings (SSSR count). The molecule has 1 aliphatic rings. The van der Waals surface area contributed by atoms with E-state index in [1.54, 1.807) is 0 Å². The zero-order valence-corrected chi connectivity index (χ0v) is 13.8. The zero-order valence-electron chi connectivity index (χ0n) is 13.0. The van der Waals surface area contributed by atoms with E-state index in [4.69, 9.17) is 4.42 Å². The molecular weight excluding hydrogens is 280 g/mol. The van der Waals surface area contributed by atoms with Crippen LogP contribution in [0.4, 0.5) is 0 Å². The lowest BCUT2D eigenvalue weighted by atomic mass is 10.2. The minimum absolute atomic E-state index is 0.419. The summed E-state index contributed by atoms with van der Waals surface area (Å²) in [5.74, 6) is 3.68. The van der Waals surface area contributed by atoms with Crippen molar-refractivity contribution in [3.05, 3.63) is 46.0 Å². The van der Waals surface area contributed by atoms with Gasteiger partial charge >= 0.3 is 0 Å². The largest absolute Gasteiger partial charge is 0.464 e. The number of nitrogens with zero attached hydrogens (tertiary/aromatic N) is 1. The summed E-state index contributed by atoms with van der Waals surface area (Å²) in [6.45, 7) is 4.02. The summed E-state index contributed by atoms with van der Waals surface area (Å²) < 4.78 is 5.94. The van der Waals surface area contributed by atoms with E-state index in [1.807, 2.05) is 11.3 Å². The van der Waals surface area contributed by atoms with Gasteiger partial charge in [0.15, 0.2) is 0 Å². The van der Waals surface area contributed by atoms with Crippen molar-refractivity contribution in [2.45, 2.75) is 31.8 Å². The Morgan fingerprint density at radius 2 is 2.19 bits per heavy atom. The first-order valence-corrected chi connectivity index (χ1v) is 8.52. The predicted octanol–water partition coefficient (Wildman–Crippen LogP) is 3.86. The Morgan fingerprint density at radius 1 is 1.38 bits per heavy atom. The van der Waals surface area contributed by atoms with E-state index in [0.29, 0.717) is 12.0 Å². The maximum atomic E-state index is 5.94. The molecule has 0 bridgehead atoms. The lowest BCUT2D eigenvalue weighted by Crippen LogP contribution is -2.30. The molecule has 0 radical (unpaired) electrons. The molecule has 0 aromatic carbocycles. The maximum absolute atomic E-state index is 5.94. The normalized spacial score (nSPS) is 22.7. The summed E-state index contributed by atoms with van der Waals surface area (Å²) in [6, 6.07) is 9.00. The monoisotopic (exact) mass is 304 g/mol. The Balaban J connectivity index is 1.51. The van der Waals surface area contributed by atoms with Crippen molar-refractivity contribution in [1.82, 2.24) is 10.2 Å². The summed E-state index contributed by atoms with van der Waals surface area (Å²) in [6.07, 6.45) is 1.28. The van der Waals surface area contributed by atoms with Crippen molar-refractivity contribution < 1.29 is 4.42 Å². The molecule has 4 heteroatoms. The summed E-state index contributed by atoms with van der Waals surface area (Å²) in [4.78, 5) is 3.66. The van der Waals surface area contributed by atoms with Gasteiger partial charge in [0.25, 0.3) is 0 Å². The quantitative estimate of drug-likeness (QED) is 0.842. The fourth-order valence-electron chi connectivity index (χ4n) is 2.76. The van der Waals surface area contributed by atoms with E-state index >= 15 is 0 Å². The first-order valence-electron chi connectivity index (χ1n) is 7.64. The number of furan rings is 1. The summed E-state index contributed by atoms with van der Waals surface area (Å²) in [5, 5.41) is 5.67. The fourth-order valence-corrected chi connectivity index (χ4v) is 3.68. The highest BCUT2D eigenvalue weighted by molar-refractivity contribution is 7.10. The molecule has 1 N–H and O–H groups in total. The third kappa shape index (κ3) is 3.57. The molecule has 2 aromatic heterocycles. The second kappa shape index (κ2) is 6.34. The molecule has 0 saturated heterocycles. The highest BCUT2D eigenvalue weighted by Gasteiger charge is 2.36. The van der Waals surface area contributed by atoms with Gasteiger partial charge in [0.1, 0.15) is 11.5 Å². The van der Waals surface area contributed by atoms with Crippen LogP contribution in [0.5, 0.6) is 0 Å². The van der Waals surface area contributed by atoms with Gasteiger partial charge in [-0.2, -0.15) is 0 Å². The van der Waals surface area contributed by atoms with Crippen LogP contribution in [0.25, 0.3) is 0 Å². The SMILES string of the molecule is CC1CC1c1ccc(CNCC(c2cccs2)N(C)C)o1. The molecule has 3 unspecified atom stereocenters. The average molecular weight is 304 g/mol. The van der Waals surface area contributed by atoms with Crippen LogP contribution >= 0.6 is 11.3 Å². The highest BCUT2D eigenvalue weighted by Crippen LogP contribution is 2.47. The first kappa shape index (κ1) is 14.8. The van der Waals surface area contributed by atoms with Crippen molar-refractivity contribution in [3.8, 4) is 0 Å². The van der Waals surface area contributed by atoms with Crippen LogP contribution in [-0.4, -0.2) is 25.5 Å². The van der Waals surface area contributed by atoms with Gasteiger partial charge in [-0.05, 0) is 50.0 Å². The van der Waals surface area contributed by atoms with Crippen LogP contribution in [0.3, 0.4) is 0 Å². The van der Waals surface area contributed by atoms with Gasteiger partial charge in [0.05, 0.1) is 12.6 Å². The molecule has 0 spiro atoms. The molecule has 1 aliphatic carbocycles. The highest BCUT2D eigenvalue weighted by atomic mass is 32.1. The Bertz CT molecular complexity index is 561. The van der Waals surface area contributed by atoms with Crippen LogP contribution in [0.2, 0.25) is 0 Å². The van der Waals surface area contributed by atoms with Crippen molar-refractivity contribution in [3.63, 3.8) is 0 Å². The summed E-state index contributed by atoms with van der Waals surface area (Å²) in [5.41, 5.74) is 0.